The topological polar surface area (TPSA) is 43.1 Å². The summed E-state index contributed by atoms with van der Waals surface area (Å²) < 4.78 is 2.27. The largest absolute Gasteiger partial charge is 0.290 e. The molecule has 0 saturated carbocycles. The SMILES string of the molecule is c1ccc2c(c1)Cc1c-2ccc2c1-c1ccc3c4ncccc4n4c5ccncc5nc4c3c1C2. The second-order valence-electron chi connectivity index (χ2n) is 9.66. The van der Waals surface area contributed by atoms with Crippen molar-refractivity contribution >= 4 is 38.5 Å². The lowest BCUT2D eigenvalue weighted by atomic mass is 9.94. The van der Waals surface area contributed by atoms with E-state index < -0.39 is 0 Å². The van der Waals surface area contributed by atoms with Crippen LogP contribution >= 0.6 is 0 Å². The third-order valence-corrected chi connectivity index (χ3v) is 7.99. The average molecular weight is 447 g/mol. The lowest BCUT2D eigenvalue weighted by Gasteiger charge is -2.12. The standard InChI is InChI=1S/C31H18N4/c1-2-5-19-17(4-1)14-23-20(19)8-7-18-15-24-21(28(18)23)9-10-22-29(24)31-34-25-16-32-13-11-26(25)35(31)27-6-3-12-33-30(22)27/h1-13,16H,14-15H2. The van der Waals surface area contributed by atoms with Crippen LogP contribution in [0.5, 0.6) is 0 Å². The zero-order valence-corrected chi connectivity index (χ0v) is 18.8. The van der Waals surface area contributed by atoms with Crippen molar-refractivity contribution in [3.8, 4) is 22.3 Å². The van der Waals surface area contributed by atoms with Crippen LogP contribution < -0.4 is 0 Å². The van der Waals surface area contributed by atoms with Crippen molar-refractivity contribution in [1.82, 2.24) is 19.4 Å². The van der Waals surface area contributed by atoms with E-state index in [2.05, 4.69) is 70.0 Å². The van der Waals surface area contributed by atoms with Crippen LogP contribution in [0, 0.1) is 0 Å². The zero-order chi connectivity index (χ0) is 22.7. The molecule has 0 saturated heterocycles. The Hall–Kier alpha value is -4.57. The first-order valence-electron chi connectivity index (χ1n) is 12.0. The second kappa shape index (κ2) is 6.10. The van der Waals surface area contributed by atoms with Gasteiger partial charge in [0, 0.05) is 23.2 Å². The van der Waals surface area contributed by atoms with Crippen LogP contribution in [0.25, 0.3) is 60.7 Å². The summed E-state index contributed by atoms with van der Waals surface area (Å²) in [7, 11) is 0. The Morgan fingerprint density at radius 3 is 2.60 bits per heavy atom. The first kappa shape index (κ1) is 17.8. The van der Waals surface area contributed by atoms with Crippen LogP contribution in [0.15, 0.2) is 85.3 Å². The molecule has 4 nitrogen and oxygen atoms in total. The minimum Gasteiger partial charge on any atom is -0.290 e. The van der Waals surface area contributed by atoms with Crippen LogP contribution in [0.4, 0.5) is 0 Å². The van der Waals surface area contributed by atoms with Crippen molar-refractivity contribution in [3.05, 3.63) is 108 Å². The molecule has 4 heteroatoms. The van der Waals surface area contributed by atoms with E-state index in [-0.39, 0.29) is 0 Å². The Balaban J connectivity index is 1.44. The molecular weight excluding hydrogens is 428 g/mol. The highest BCUT2D eigenvalue weighted by Gasteiger charge is 2.30. The van der Waals surface area contributed by atoms with Crippen LogP contribution in [0.2, 0.25) is 0 Å². The molecule has 35 heavy (non-hydrogen) atoms. The third-order valence-electron chi connectivity index (χ3n) is 7.99. The van der Waals surface area contributed by atoms with Gasteiger partial charge in [0.15, 0.2) is 0 Å². The number of benzene rings is 3. The van der Waals surface area contributed by atoms with Gasteiger partial charge in [-0.2, -0.15) is 0 Å². The number of imidazole rings is 1. The number of fused-ring (bicyclic) bond motifs is 16. The van der Waals surface area contributed by atoms with E-state index in [9.17, 15) is 0 Å². The Morgan fingerprint density at radius 2 is 1.60 bits per heavy atom. The first-order valence-corrected chi connectivity index (χ1v) is 12.0. The zero-order valence-electron chi connectivity index (χ0n) is 18.8. The van der Waals surface area contributed by atoms with E-state index in [1.807, 2.05) is 24.7 Å². The van der Waals surface area contributed by atoms with E-state index in [4.69, 9.17) is 9.97 Å². The number of nitrogens with zero attached hydrogens (tertiary/aromatic N) is 4. The van der Waals surface area contributed by atoms with Gasteiger partial charge in [-0.05, 0) is 75.5 Å². The highest BCUT2D eigenvalue weighted by atomic mass is 15.0. The van der Waals surface area contributed by atoms with Crippen LogP contribution in [-0.2, 0) is 12.8 Å². The Kier molecular flexibility index (Phi) is 3.11. The van der Waals surface area contributed by atoms with Crippen molar-refractivity contribution in [1.29, 1.82) is 0 Å². The molecule has 9 rings (SSSR count). The van der Waals surface area contributed by atoms with Gasteiger partial charge in [-0.1, -0.05) is 48.5 Å². The molecular formula is C31H18N4. The molecule has 0 radical (unpaired) electrons. The van der Waals surface area contributed by atoms with Gasteiger partial charge in [0.1, 0.15) is 11.2 Å². The van der Waals surface area contributed by atoms with Crippen molar-refractivity contribution in [3.63, 3.8) is 0 Å². The highest BCUT2D eigenvalue weighted by molar-refractivity contribution is 6.15. The van der Waals surface area contributed by atoms with Gasteiger partial charge in [-0.25, -0.2) is 4.98 Å². The maximum atomic E-state index is 5.11. The van der Waals surface area contributed by atoms with E-state index in [1.165, 1.54) is 55.3 Å². The molecule has 0 fully saturated rings. The summed E-state index contributed by atoms with van der Waals surface area (Å²) in [6.07, 6.45) is 7.51. The molecule has 3 aromatic carbocycles. The smallest absolute Gasteiger partial charge is 0.146 e. The van der Waals surface area contributed by atoms with E-state index in [1.54, 1.807) is 0 Å². The molecule has 0 aliphatic heterocycles. The summed E-state index contributed by atoms with van der Waals surface area (Å²) in [5.41, 5.74) is 16.3. The second-order valence-corrected chi connectivity index (χ2v) is 9.66. The Labute approximate surface area is 200 Å². The van der Waals surface area contributed by atoms with Crippen molar-refractivity contribution in [2.24, 2.45) is 0 Å². The molecule has 0 bridgehead atoms. The maximum Gasteiger partial charge on any atom is 0.146 e. The molecule has 162 valence electrons. The number of pyridine rings is 3. The first-order chi connectivity index (χ1) is 17.4. The maximum absolute atomic E-state index is 5.11. The third kappa shape index (κ3) is 2.11. The van der Waals surface area contributed by atoms with Gasteiger partial charge in [0.25, 0.3) is 0 Å². The normalized spacial score (nSPS) is 13.5. The number of rotatable bonds is 0. The minimum atomic E-state index is 0.912. The fourth-order valence-electron chi connectivity index (χ4n) is 6.58. The van der Waals surface area contributed by atoms with Gasteiger partial charge < -0.3 is 0 Å². The van der Waals surface area contributed by atoms with Crippen molar-refractivity contribution in [2.75, 3.05) is 0 Å². The Bertz CT molecular complexity index is 2070. The quantitative estimate of drug-likeness (QED) is 0.243. The summed E-state index contributed by atoms with van der Waals surface area (Å²) in [5.74, 6) is 0. The molecule has 2 aliphatic carbocycles. The molecule has 2 aliphatic rings. The van der Waals surface area contributed by atoms with Gasteiger partial charge >= 0.3 is 0 Å². The number of hydrogen-bond donors (Lipinski definition) is 0. The van der Waals surface area contributed by atoms with Crippen LogP contribution in [0.1, 0.15) is 22.3 Å². The van der Waals surface area contributed by atoms with E-state index in [0.29, 0.717) is 0 Å². The summed E-state index contributed by atoms with van der Waals surface area (Å²) >= 11 is 0. The van der Waals surface area contributed by atoms with Crippen LogP contribution in [0.3, 0.4) is 0 Å². The van der Waals surface area contributed by atoms with E-state index >= 15 is 0 Å². The van der Waals surface area contributed by atoms with Gasteiger partial charge in [-0.15, -0.1) is 0 Å². The summed E-state index contributed by atoms with van der Waals surface area (Å²) in [6, 6.07) is 24.3. The molecule has 0 atom stereocenters. The highest BCUT2D eigenvalue weighted by Crippen LogP contribution is 2.50. The predicted octanol–water partition coefficient (Wildman–Crippen LogP) is 6.73. The van der Waals surface area contributed by atoms with Gasteiger partial charge in [0.2, 0.25) is 0 Å². The Morgan fingerprint density at radius 1 is 0.686 bits per heavy atom. The number of hydrogen-bond acceptors (Lipinski definition) is 3. The summed E-state index contributed by atoms with van der Waals surface area (Å²) in [4.78, 5) is 14.3. The lowest BCUT2D eigenvalue weighted by molar-refractivity contribution is 1.24. The fraction of sp³-hybridized carbons (Fsp3) is 0.0645. The van der Waals surface area contributed by atoms with Gasteiger partial charge in [0.05, 0.1) is 22.7 Å². The molecule has 4 aromatic heterocycles. The molecule has 7 aromatic rings. The fourth-order valence-corrected chi connectivity index (χ4v) is 6.58. The molecule has 0 amide bonds. The van der Waals surface area contributed by atoms with Crippen LogP contribution in [-0.4, -0.2) is 19.4 Å². The monoisotopic (exact) mass is 446 g/mol. The van der Waals surface area contributed by atoms with Crippen molar-refractivity contribution in [2.45, 2.75) is 12.8 Å². The van der Waals surface area contributed by atoms with E-state index in [0.717, 1.165) is 40.6 Å². The van der Waals surface area contributed by atoms with Gasteiger partial charge in [-0.3, -0.25) is 14.4 Å². The number of aromatic nitrogens is 4. The summed E-state index contributed by atoms with van der Waals surface area (Å²) in [6.45, 7) is 0. The molecule has 0 spiro atoms. The average Bonchev–Trinajstić information content (AvgIpc) is 3.59. The molecule has 0 unspecified atom stereocenters. The minimum absolute atomic E-state index is 0.912. The lowest BCUT2D eigenvalue weighted by Crippen LogP contribution is -1.96. The molecule has 4 heterocycles. The van der Waals surface area contributed by atoms with Crippen molar-refractivity contribution < 1.29 is 0 Å². The summed E-state index contributed by atoms with van der Waals surface area (Å²) in [5, 5.41) is 2.38. The predicted molar refractivity (Wildman–Crippen MR) is 140 cm³/mol. The molecule has 0 N–H and O–H groups in total.